The van der Waals surface area contributed by atoms with Crippen LogP contribution in [0.3, 0.4) is 0 Å². The van der Waals surface area contributed by atoms with E-state index in [1.165, 1.54) is 6.07 Å². The maximum absolute atomic E-state index is 12.2. The van der Waals surface area contributed by atoms with Crippen LogP contribution in [0.15, 0.2) is 36.4 Å². The molecule has 6 nitrogen and oxygen atoms in total. The zero-order chi connectivity index (χ0) is 20.8. The van der Waals surface area contributed by atoms with Gasteiger partial charge in [0, 0.05) is 24.4 Å². The van der Waals surface area contributed by atoms with Crippen molar-refractivity contribution in [1.29, 1.82) is 0 Å². The number of benzene rings is 2. The predicted molar refractivity (Wildman–Crippen MR) is 116 cm³/mol. The highest BCUT2D eigenvalue weighted by atomic mass is 35.5. The second-order valence-corrected chi connectivity index (χ2v) is 7.79. The van der Waals surface area contributed by atoms with Crippen molar-refractivity contribution >= 4 is 58.0 Å². The lowest BCUT2D eigenvalue weighted by atomic mass is 10.2. The third-order valence-electron chi connectivity index (χ3n) is 4.39. The van der Waals surface area contributed by atoms with Crippen LogP contribution in [0.5, 0.6) is 0 Å². The highest BCUT2D eigenvalue weighted by Crippen LogP contribution is 2.32. The molecule has 0 saturated carbocycles. The first kappa shape index (κ1) is 21.7. The van der Waals surface area contributed by atoms with Crippen LogP contribution in [0.4, 0.5) is 11.4 Å². The summed E-state index contributed by atoms with van der Waals surface area (Å²) in [6, 6.07) is 9.72. The molecule has 9 heteroatoms. The van der Waals surface area contributed by atoms with Gasteiger partial charge in [-0.25, -0.2) is 0 Å². The Morgan fingerprint density at radius 2 is 1.76 bits per heavy atom. The zero-order valence-corrected chi connectivity index (χ0v) is 17.7. The molecular formula is C20H20Cl3N3O3. The highest BCUT2D eigenvalue weighted by molar-refractivity contribution is 6.44. The molecule has 1 atom stereocenters. The topological polar surface area (TPSA) is 79.5 Å². The van der Waals surface area contributed by atoms with Crippen molar-refractivity contribution in [3.8, 4) is 0 Å². The minimum absolute atomic E-state index is 0.0126. The summed E-state index contributed by atoms with van der Waals surface area (Å²) in [4.78, 5) is 24.3. The van der Waals surface area contributed by atoms with E-state index in [9.17, 15) is 9.59 Å². The number of anilines is 2. The fourth-order valence-electron chi connectivity index (χ4n) is 2.86. The minimum atomic E-state index is -0.275. The van der Waals surface area contributed by atoms with Crippen LogP contribution >= 0.6 is 34.8 Å². The van der Waals surface area contributed by atoms with E-state index in [0.717, 1.165) is 19.4 Å². The Labute approximate surface area is 183 Å². The van der Waals surface area contributed by atoms with Gasteiger partial charge in [0.15, 0.2) is 0 Å². The molecule has 1 saturated heterocycles. The van der Waals surface area contributed by atoms with Crippen LogP contribution in [-0.4, -0.2) is 37.6 Å². The molecule has 3 N–H and O–H groups in total. The number of carbonyl (C=O) groups is 2. The van der Waals surface area contributed by atoms with Gasteiger partial charge >= 0.3 is 0 Å². The van der Waals surface area contributed by atoms with E-state index in [0.29, 0.717) is 38.6 Å². The normalized spacial score (nSPS) is 15.8. The van der Waals surface area contributed by atoms with Crippen LogP contribution in [0.25, 0.3) is 0 Å². The fourth-order valence-corrected chi connectivity index (χ4v) is 3.47. The Morgan fingerprint density at radius 1 is 1.03 bits per heavy atom. The Morgan fingerprint density at radius 3 is 2.45 bits per heavy atom. The van der Waals surface area contributed by atoms with Gasteiger partial charge in [0.25, 0.3) is 5.91 Å². The van der Waals surface area contributed by atoms with E-state index >= 15 is 0 Å². The summed E-state index contributed by atoms with van der Waals surface area (Å²) < 4.78 is 5.49. The van der Waals surface area contributed by atoms with Crippen LogP contribution in [0.1, 0.15) is 23.2 Å². The zero-order valence-electron chi connectivity index (χ0n) is 15.4. The van der Waals surface area contributed by atoms with Gasteiger partial charge in [-0.1, -0.05) is 34.8 Å². The van der Waals surface area contributed by atoms with Gasteiger partial charge in [0.2, 0.25) is 5.91 Å². The van der Waals surface area contributed by atoms with Crippen LogP contribution in [0.2, 0.25) is 15.1 Å². The molecule has 29 heavy (non-hydrogen) atoms. The SMILES string of the molecule is O=C(CNc1cc(Cl)c(Cl)cc1Cl)Nc1ccc(C(=O)NCC2CCCO2)cc1. The van der Waals surface area contributed by atoms with Gasteiger partial charge in [0.05, 0.1) is 33.4 Å². The molecular weight excluding hydrogens is 437 g/mol. The number of hydrogen-bond donors (Lipinski definition) is 3. The van der Waals surface area contributed by atoms with Crippen LogP contribution in [-0.2, 0) is 9.53 Å². The number of amides is 2. The standard InChI is InChI=1S/C20H20Cl3N3O3/c21-15-8-17(23)18(9-16(15)22)24-11-19(27)26-13-5-3-12(4-6-13)20(28)25-10-14-2-1-7-29-14/h3-6,8-9,14,24H,1-2,7,10-11H2,(H,25,28)(H,26,27). The monoisotopic (exact) mass is 455 g/mol. The second kappa shape index (κ2) is 10.2. The van der Waals surface area contributed by atoms with Crippen molar-refractivity contribution in [3.05, 3.63) is 57.0 Å². The van der Waals surface area contributed by atoms with Crippen molar-refractivity contribution in [1.82, 2.24) is 5.32 Å². The molecule has 154 valence electrons. The lowest BCUT2D eigenvalue weighted by Gasteiger charge is -2.12. The van der Waals surface area contributed by atoms with Crippen molar-refractivity contribution in [2.24, 2.45) is 0 Å². The quantitative estimate of drug-likeness (QED) is 0.532. The minimum Gasteiger partial charge on any atom is -0.376 e. The first-order valence-electron chi connectivity index (χ1n) is 9.10. The Kier molecular flexibility index (Phi) is 7.61. The van der Waals surface area contributed by atoms with E-state index in [1.807, 2.05) is 0 Å². The Bertz CT molecular complexity index is 885. The van der Waals surface area contributed by atoms with Crippen molar-refractivity contribution < 1.29 is 14.3 Å². The highest BCUT2D eigenvalue weighted by Gasteiger charge is 2.16. The first-order valence-corrected chi connectivity index (χ1v) is 10.2. The first-order chi connectivity index (χ1) is 13.9. The van der Waals surface area contributed by atoms with Crippen molar-refractivity contribution in [3.63, 3.8) is 0 Å². The molecule has 0 spiro atoms. The fraction of sp³-hybridized carbons (Fsp3) is 0.300. The molecule has 0 radical (unpaired) electrons. The number of rotatable bonds is 7. The molecule has 1 aliphatic rings. The summed E-state index contributed by atoms with van der Waals surface area (Å²) in [7, 11) is 0. The van der Waals surface area contributed by atoms with E-state index in [2.05, 4.69) is 16.0 Å². The lowest BCUT2D eigenvalue weighted by Crippen LogP contribution is -2.31. The van der Waals surface area contributed by atoms with Gasteiger partial charge in [0.1, 0.15) is 0 Å². The summed E-state index contributed by atoms with van der Waals surface area (Å²) in [6.45, 7) is 1.24. The smallest absolute Gasteiger partial charge is 0.251 e. The summed E-state index contributed by atoms with van der Waals surface area (Å²) in [6.07, 6.45) is 2.09. The van der Waals surface area contributed by atoms with Crippen LogP contribution in [0, 0.1) is 0 Å². The number of hydrogen-bond acceptors (Lipinski definition) is 4. The lowest BCUT2D eigenvalue weighted by molar-refractivity contribution is -0.114. The molecule has 1 unspecified atom stereocenters. The number of ether oxygens (including phenoxy) is 1. The molecule has 2 aromatic rings. The van der Waals surface area contributed by atoms with Gasteiger partial charge in [-0.2, -0.15) is 0 Å². The average Bonchev–Trinajstić information content (AvgIpc) is 3.22. The third kappa shape index (κ3) is 6.24. The van der Waals surface area contributed by atoms with Gasteiger partial charge < -0.3 is 20.7 Å². The Balaban J connectivity index is 1.48. The van der Waals surface area contributed by atoms with Crippen molar-refractivity contribution in [2.75, 3.05) is 30.3 Å². The largest absolute Gasteiger partial charge is 0.376 e. The van der Waals surface area contributed by atoms with E-state index < -0.39 is 0 Å². The second-order valence-electron chi connectivity index (χ2n) is 6.57. The predicted octanol–water partition coefficient (Wildman–Crippen LogP) is 4.61. The maximum atomic E-state index is 12.2. The van der Waals surface area contributed by atoms with Crippen LogP contribution < -0.4 is 16.0 Å². The molecule has 0 bridgehead atoms. The van der Waals surface area contributed by atoms with E-state index in [1.54, 1.807) is 30.3 Å². The maximum Gasteiger partial charge on any atom is 0.251 e. The molecule has 1 aliphatic heterocycles. The van der Waals surface area contributed by atoms with Gasteiger partial charge in [-0.3, -0.25) is 9.59 Å². The summed E-state index contributed by atoms with van der Waals surface area (Å²) in [5.41, 5.74) is 1.60. The average molecular weight is 457 g/mol. The van der Waals surface area contributed by atoms with E-state index in [4.69, 9.17) is 39.5 Å². The summed E-state index contributed by atoms with van der Waals surface area (Å²) in [5.74, 6) is -0.447. The molecule has 2 aromatic carbocycles. The molecule has 0 aromatic heterocycles. The molecule has 2 amide bonds. The Hall–Kier alpha value is -1.99. The summed E-state index contributed by atoms with van der Waals surface area (Å²) >= 11 is 17.9. The van der Waals surface area contributed by atoms with Gasteiger partial charge in [-0.15, -0.1) is 0 Å². The number of carbonyl (C=O) groups excluding carboxylic acids is 2. The molecule has 1 fully saturated rings. The molecule has 0 aliphatic carbocycles. The summed E-state index contributed by atoms with van der Waals surface area (Å²) in [5, 5.41) is 9.56. The molecule has 3 rings (SSSR count). The number of nitrogens with one attached hydrogen (secondary N) is 3. The van der Waals surface area contributed by atoms with Gasteiger partial charge in [-0.05, 0) is 49.2 Å². The van der Waals surface area contributed by atoms with E-state index in [-0.39, 0.29) is 24.5 Å². The molecule has 1 heterocycles. The number of halogens is 3. The third-order valence-corrected chi connectivity index (χ3v) is 5.43. The van der Waals surface area contributed by atoms with Crippen molar-refractivity contribution in [2.45, 2.75) is 18.9 Å².